The van der Waals surface area contributed by atoms with Crippen molar-refractivity contribution in [2.45, 2.75) is 26.3 Å². The smallest absolute Gasteiger partial charge is 0.262 e. The number of anilines is 1. The number of ether oxygens (including phenoxy) is 2. The summed E-state index contributed by atoms with van der Waals surface area (Å²) in [6.07, 6.45) is 1.81. The molecule has 3 amide bonds. The van der Waals surface area contributed by atoms with Crippen molar-refractivity contribution in [2.75, 3.05) is 19.0 Å². The number of hydrogen-bond acceptors (Lipinski definition) is 6. The van der Waals surface area contributed by atoms with Gasteiger partial charge in [-0.2, -0.15) is 5.10 Å². The summed E-state index contributed by atoms with van der Waals surface area (Å²) in [6, 6.07) is 16.2. The summed E-state index contributed by atoms with van der Waals surface area (Å²) < 4.78 is 24.6. The predicted octanol–water partition coefficient (Wildman–Crippen LogP) is 4.80. The normalized spacial score (nSPS) is 11.7. The summed E-state index contributed by atoms with van der Waals surface area (Å²) in [6.45, 7) is 3.52. The molecule has 1 atom stereocenters. The van der Waals surface area contributed by atoms with Crippen molar-refractivity contribution in [3.8, 4) is 11.5 Å². The van der Waals surface area contributed by atoms with Gasteiger partial charge in [0.25, 0.3) is 17.7 Å². The lowest BCUT2D eigenvalue weighted by atomic mass is 10.0. The topological polar surface area (TPSA) is 118 Å². The van der Waals surface area contributed by atoms with Gasteiger partial charge in [-0.15, -0.1) is 0 Å². The zero-order valence-corrected chi connectivity index (χ0v) is 23.0. The van der Waals surface area contributed by atoms with Crippen LogP contribution in [0.25, 0.3) is 0 Å². The molecule has 3 aromatic carbocycles. The van der Waals surface area contributed by atoms with Gasteiger partial charge in [-0.3, -0.25) is 14.4 Å². The SMILES string of the molecule is COc1cc(/C=N/NC(=O)C(CC(C)C)NC(=O)c2ccc(Cl)cc2)ccc1OCC(=O)Nc1ccccc1F. The number of nitrogens with zero attached hydrogens (tertiary/aromatic N) is 1. The van der Waals surface area contributed by atoms with E-state index in [9.17, 15) is 18.8 Å². The molecule has 0 aliphatic rings. The Morgan fingerprint density at radius 1 is 1.02 bits per heavy atom. The fraction of sp³-hybridized carbons (Fsp3) is 0.241. The van der Waals surface area contributed by atoms with E-state index in [1.54, 1.807) is 48.5 Å². The summed E-state index contributed by atoms with van der Waals surface area (Å²) in [5, 5.41) is 9.69. The molecule has 0 aromatic heterocycles. The third kappa shape index (κ3) is 9.09. The molecule has 0 fully saturated rings. The fourth-order valence-corrected chi connectivity index (χ4v) is 3.70. The number of rotatable bonds is 12. The van der Waals surface area contributed by atoms with Gasteiger partial charge in [-0.25, -0.2) is 9.82 Å². The number of hydrogen-bond donors (Lipinski definition) is 3. The first-order chi connectivity index (χ1) is 19.2. The molecule has 9 nitrogen and oxygen atoms in total. The van der Waals surface area contributed by atoms with Crippen molar-refractivity contribution in [3.05, 3.63) is 88.7 Å². The minimum absolute atomic E-state index is 0.0526. The molecular weight excluding hydrogens is 539 g/mol. The number of nitrogens with one attached hydrogen (secondary N) is 3. The van der Waals surface area contributed by atoms with Gasteiger partial charge in [0.1, 0.15) is 11.9 Å². The molecule has 0 bridgehead atoms. The number of halogens is 2. The van der Waals surface area contributed by atoms with Crippen LogP contribution >= 0.6 is 11.6 Å². The van der Waals surface area contributed by atoms with Crippen molar-refractivity contribution < 1.29 is 28.2 Å². The van der Waals surface area contributed by atoms with E-state index in [0.29, 0.717) is 28.3 Å². The van der Waals surface area contributed by atoms with Crippen LogP contribution in [0.4, 0.5) is 10.1 Å². The Balaban J connectivity index is 1.58. The number of para-hydroxylation sites is 1. The number of carbonyl (C=O) groups excluding carboxylic acids is 3. The quantitative estimate of drug-likeness (QED) is 0.214. The van der Waals surface area contributed by atoms with Crippen LogP contribution in [0.3, 0.4) is 0 Å². The highest BCUT2D eigenvalue weighted by molar-refractivity contribution is 6.30. The molecule has 1 unspecified atom stereocenters. The lowest BCUT2D eigenvalue weighted by molar-refractivity contribution is -0.123. The van der Waals surface area contributed by atoms with Gasteiger partial charge < -0.3 is 20.1 Å². The van der Waals surface area contributed by atoms with Gasteiger partial charge in [0, 0.05) is 10.6 Å². The Bertz CT molecular complexity index is 1360. The van der Waals surface area contributed by atoms with E-state index in [2.05, 4.69) is 21.2 Å². The lowest BCUT2D eigenvalue weighted by Gasteiger charge is -2.19. The minimum atomic E-state index is -0.804. The standard InChI is InChI=1S/C29H30ClFN4O5/c1-18(2)14-24(34-28(37)20-9-11-21(30)12-10-20)29(38)35-32-16-19-8-13-25(26(15-19)39-3)40-17-27(36)33-23-7-5-4-6-22(23)31/h4-13,15-16,18,24H,14,17H2,1-3H3,(H,33,36)(H,34,37)(H,35,38)/b32-16+. The van der Waals surface area contributed by atoms with Crippen LogP contribution in [0.15, 0.2) is 71.8 Å². The van der Waals surface area contributed by atoms with Gasteiger partial charge in [0.2, 0.25) is 0 Å². The van der Waals surface area contributed by atoms with Gasteiger partial charge in [0.15, 0.2) is 18.1 Å². The number of amides is 3. The van der Waals surface area contributed by atoms with Crippen LogP contribution < -0.4 is 25.5 Å². The Labute approximate surface area is 236 Å². The Kier molecular flexibility index (Phi) is 11.0. The fourth-order valence-electron chi connectivity index (χ4n) is 3.57. The second kappa shape index (κ2) is 14.6. The molecule has 210 valence electrons. The number of carbonyl (C=O) groups is 3. The molecule has 0 radical (unpaired) electrons. The molecule has 40 heavy (non-hydrogen) atoms. The molecule has 0 aliphatic carbocycles. The highest BCUT2D eigenvalue weighted by atomic mass is 35.5. The second-order valence-electron chi connectivity index (χ2n) is 9.12. The van der Waals surface area contributed by atoms with Crippen molar-refractivity contribution in [1.82, 2.24) is 10.7 Å². The average molecular weight is 569 g/mol. The van der Waals surface area contributed by atoms with Crippen molar-refractivity contribution in [3.63, 3.8) is 0 Å². The summed E-state index contributed by atoms with van der Waals surface area (Å²) in [4.78, 5) is 37.6. The molecule has 3 rings (SSSR count). The van der Waals surface area contributed by atoms with E-state index in [1.807, 2.05) is 13.8 Å². The maximum atomic E-state index is 13.7. The van der Waals surface area contributed by atoms with Crippen LogP contribution in [-0.2, 0) is 9.59 Å². The zero-order valence-electron chi connectivity index (χ0n) is 22.2. The first-order valence-electron chi connectivity index (χ1n) is 12.4. The highest BCUT2D eigenvalue weighted by Gasteiger charge is 2.22. The number of hydrazone groups is 1. The molecule has 0 aliphatic heterocycles. The Morgan fingerprint density at radius 3 is 2.42 bits per heavy atom. The summed E-state index contributed by atoms with van der Waals surface area (Å²) in [5.41, 5.74) is 3.47. The largest absolute Gasteiger partial charge is 0.493 e. The minimum Gasteiger partial charge on any atom is -0.493 e. The van der Waals surface area contributed by atoms with Crippen LogP contribution in [0.1, 0.15) is 36.2 Å². The lowest BCUT2D eigenvalue weighted by Crippen LogP contribution is -2.46. The molecule has 0 saturated heterocycles. The van der Waals surface area contributed by atoms with Crippen molar-refractivity contribution in [2.24, 2.45) is 11.0 Å². The average Bonchev–Trinajstić information content (AvgIpc) is 2.93. The van der Waals surface area contributed by atoms with E-state index in [1.165, 1.54) is 31.5 Å². The van der Waals surface area contributed by atoms with E-state index < -0.39 is 29.6 Å². The summed E-state index contributed by atoms with van der Waals surface area (Å²) in [7, 11) is 1.43. The maximum absolute atomic E-state index is 13.7. The van der Waals surface area contributed by atoms with Gasteiger partial charge in [0.05, 0.1) is 19.0 Å². The second-order valence-corrected chi connectivity index (χ2v) is 9.56. The predicted molar refractivity (Wildman–Crippen MR) is 151 cm³/mol. The Morgan fingerprint density at radius 2 is 1.75 bits per heavy atom. The van der Waals surface area contributed by atoms with Crippen LogP contribution in [0.5, 0.6) is 11.5 Å². The van der Waals surface area contributed by atoms with Crippen LogP contribution in [0.2, 0.25) is 5.02 Å². The number of methoxy groups -OCH3 is 1. The molecule has 0 spiro atoms. The van der Waals surface area contributed by atoms with E-state index in [-0.39, 0.29) is 24.0 Å². The third-order valence-corrected chi connectivity index (χ3v) is 5.77. The maximum Gasteiger partial charge on any atom is 0.262 e. The highest BCUT2D eigenvalue weighted by Crippen LogP contribution is 2.27. The summed E-state index contributed by atoms with van der Waals surface area (Å²) in [5.74, 6) is -1.22. The Hall–Kier alpha value is -4.44. The van der Waals surface area contributed by atoms with Gasteiger partial charge >= 0.3 is 0 Å². The number of benzene rings is 3. The van der Waals surface area contributed by atoms with E-state index in [0.717, 1.165) is 0 Å². The summed E-state index contributed by atoms with van der Waals surface area (Å²) >= 11 is 5.88. The zero-order chi connectivity index (χ0) is 29.1. The first-order valence-corrected chi connectivity index (χ1v) is 12.8. The third-order valence-electron chi connectivity index (χ3n) is 5.52. The monoisotopic (exact) mass is 568 g/mol. The van der Waals surface area contributed by atoms with Gasteiger partial charge in [-0.1, -0.05) is 37.6 Å². The first kappa shape index (κ1) is 30.1. The van der Waals surface area contributed by atoms with Crippen LogP contribution in [0, 0.1) is 11.7 Å². The molecule has 0 saturated carbocycles. The van der Waals surface area contributed by atoms with E-state index in [4.69, 9.17) is 21.1 Å². The molecule has 0 heterocycles. The van der Waals surface area contributed by atoms with Crippen molar-refractivity contribution >= 4 is 41.2 Å². The van der Waals surface area contributed by atoms with Gasteiger partial charge in [-0.05, 0) is 72.5 Å². The van der Waals surface area contributed by atoms with Crippen LogP contribution in [-0.4, -0.2) is 43.7 Å². The molecular formula is C29H30ClFN4O5. The van der Waals surface area contributed by atoms with Crippen molar-refractivity contribution in [1.29, 1.82) is 0 Å². The molecule has 3 aromatic rings. The van der Waals surface area contributed by atoms with E-state index >= 15 is 0 Å². The molecule has 11 heteroatoms. The molecule has 3 N–H and O–H groups in total.